The molecule has 2 aliphatic carbocycles. The SMILES string of the molecule is Cc1ccc(C2CCC(C)CC2)cc1.Cc1ccc(C2CCC(C)CC2)cc1. The molecule has 0 radical (unpaired) electrons. The van der Waals surface area contributed by atoms with E-state index in [0.717, 1.165) is 23.7 Å². The van der Waals surface area contributed by atoms with E-state index in [0.29, 0.717) is 0 Å². The van der Waals surface area contributed by atoms with Gasteiger partial charge in [-0.2, -0.15) is 0 Å². The Bertz CT molecular complexity index is 614. The van der Waals surface area contributed by atoms with Gasteiger partial charge in [0.2, 0.25) is 0 Å². The molecule has 0 aromatic heterocycles. The highest BCUT2D eigenvalue weighted by molar-refractivity contribution is 5.25. The second kappa shape index (κ2) is 10.3. The van der Waals surface area contributed by atoms with E-state index < -0.39 is 0 Å². The fourth-order valence-corrected chi connectivity index (χ4v) is 4.86. The van der Waals surface area contributed by atoms with Crippen molar-refractivity contribution in [1.29, 1.82) is 0 Å². The third kappa shape index (κ3) is 6.23. The molecule has 0 saturated heterocycles. The molecule has 0 unspecified atom stereocenters. The van der Waals surface area contributed by atoms with Crippen molar-refractivity contribution < 1.29 is 0 Å². The highest BCUT2D eigenvalue weighted by Gasteiger charge is 2.20. The summed E-state index contributed by atoms with van der Waals surface area (Å²) in [5.41, 5.74) is 5.86. The third-order valence-corrected chi connectivity index (χ3v) is 7.13. The molecule has 0 atom stereocenters. The average Bonchev–Trinajstić information content (AvgIpc) is 2.71. The molecular formula is C28H40. The van der Waals surface area contributed by atoms with Crippen LogP contribution in [-0.4, -0.2) is 0 Å². The minimum Gasteiger partial charge on any atom is -0.0625 e. The highest BCUT2D eigenvalue weighted by Crippen LogP contribution is 2.36. The Hall–Kier alpha value is -1.56. The van der Waals surface area contributed by atoms with Crippen LogP contribution in [0.1, 0.15) is 99.3 Å². The van der Waals surface area contributed by atoms with Gasteiger partial charge in [-0.25, -0.2) is 0 Å². The molecule has 2 aromatic carbocycles. The molecule has 152 valence electrons. The van der Waals surface area contributed by atoms with Crippen molar-refractivity contribution in [2.75, 3.05) is 0 Å². The molecule has 2 fully saturated rings. The summed E-state index contributed by atoms with van der Waals surface area (Å²) in [4.78, 5) is 0. The van der Waals surface area contributed by atoms with E-state index >= 15 is 0 Å². The molecule has 2 saturated carbocycles. The van der Waals surface area contributed by atoms with E-state index in [4.69, 9.17) is 0 Å². The molecule has 0 spiro atoms. The van der Waals surface area contributed by atoms with Gasteiger partial charge in [0.05, 0.1) is 0 Å². The van der Waals surface area contributed by atoms with Crippen LogP contribution in [0.25, 0.3) is 0 Å². The Kier molecular flexibility index (Phi) is 7.77. The molecule has 0 heteroatoms. The van der Waals surface area contributed by atoms with Gasteiger partial charge in [0.25, 0.3) is 0 Å². The summed E-state index contributed by atoms with van der Waals surface area (Å²) in [7, 11) is 0. The molecule has 0 bridgehead atoms. The van der Waals surface area contributed by atoms with Crippen LogP contribution in [0.3, 0.4) is 0 Å². The molecule has 0 nitrogen and oxygen atoms in total. The van der Waals surface area contributed by atoms with Gasteiger partial charge in [0.1, 0.15) is 0 Å². The van der Waals surface area contributed by atoms with Crippen molar-refractivity contribution >= 4 is 0 Å². The number of rotatable bonds is 2. The summed E-state index contributed by atoms with van der Waals surface area (Å²) in [5, 5.41) is 0. The van der Waals surface area contributed by atoms with Crippen molar-refractivity contribution in [3.05, 3.63) is 70.8 Å². The van der Waals surface area contributed by atoms with Crippen LogP contribution in [0.5, 0.6) is 0 Å². The van der Waals surface area contributed by atoms with Crippen LogP contribution >= 0.6 is 0 Å². The van der Waals surface area contributed by atoms with E-state index in [-0.39, 0.29) is 0 Å². The fourth-order valence-electron chi connectivity index (χ4n) is 4.86. The normalized spacial score (nSPS) is 27.6. The van der Waals surface area contributed by atoms with Gasteiger partial charge in [-0.15, -0.1) is 0 Å². The van der Waals surface area contributed by atoms with Gasteiger partial charge in [-0.1, -0.05) is 99.2 Å². The van der Waals surface area contributed by atoms with Gasteiger partial charge in [-0.3, -0.25) is 0 Å². The Morgan fingerprint density at radius 1 is 0.464 bits per heavy atom. The Morgan fingerprint density at radius 2 is 0.750 bits per heavy atom. The summed E-state index contributed by atoms with van der Waals surface area (Å²) in [6.07, 6.45) is 11.2. The third-order valence-electron chi connectivity index (χ3n) is 7.13. The quantitative estimate of drug-likeness (QED) is 0.492. The lowest BCUT2D eigenvalue weighted by Crippen LogP contribution is -2.10. The van der Waals surface area contributed by atoms with E-state index in [2.05, 4.69) is 76.2 Å². The first-order valence-corrected chi connectivity index (χ1v) is 11.6. The largest absolute Gasteiger partial charge is 0.0625 e. The van der Waals surface area contributed by atoms with Gasteiger partial charge in [0, 0.05) is 0 Å². The van der Waals surface area contributed by atoms with E-state index in [1.165, 1.54) is 62.5 Å². The Labute approximate surface area is 173 Å². The first-order valence-electron chi connectivity index (χ1n) is 11.6. The lowest BCUT2D eigenvalue weighted by Gasteiger charge is -2.26. The van der Waals surface area contributed by atoms with Crippen LogP contribution in [0.2, 0.25) is 0 Å². The maximum absolute atomic E-state index is 2.38. The van der Waals surface area contributed by atoms with Crippen molar-refractivity contribution in [3.8, 4) is 0 Å². The zero-order chi connectivity index (χ0) is 19.9. The number of hydrogen-bond donors (Lipinski definition) is 0. The zero-order valence-electron chi connectivity index (χ0n) is 18.6. The molecular weight excluding hydrogens is 336 g/mol. The van der Waals surface area contributed by atoms with Gasteiger partial charge in [-0.05, 0) is 74.3 Å². The summed E-state index contributed by atoms with van der Waals surface area (Å²) < 4.78 is 0. The minimum atomic E-state index is 0.840. The van der Waals surface area contributed by atoms with Crippen LogP contribution in [0.4, 0.5) is 0 Å². The molecule has 4 rings (SSSR count). The zero-order valence-corrected chi connectivity index (χ0v) is 18.6. The molecule has 2 aliphatic rings. The Balaban J connectivity index is 0.000000161. The second-order valence-corrected chi connectivity index (χ2v) is 9.73. The van der Waals surface area contributed by atoms with Crippen LogP contribution in [0, 0.1) is 25.7 Å². The summed E-state index contributed by atoms with van der Waals surface area (Å²) in [5.74, 6) is 3.59. The first-order chi connectivity index (χ1) is 13.5. The fraction of sp³-hybridized carbons (Fsp3) is 0.571. The van der Waals surface area contributed by atoms with E-state index in [1.54, 1.807) is 11.1 Å². The van der Waals surface area contributed by atoms with Crippen molar-refractivity contribution in [1.82, 2.24) is 0 Å². The predicted octanol–water partition coefficient (Wildman–Crippen LogP) is 8.58. The molecule has 2 aromatic rings. The monoisotopic (exact) mass is 376 g/mol. The van der Waals surface area contributed by atoms with Crippen molar-refractivity contribution in [2.45, 2.75) is 90.9 Å². The predicted molar refractivity (Wildman–Crippen MR) is 123 cm³/mol. The van der Waals surface area contributed by atoms with Crippen LogP contribution in [0.15, 0.2) is 48.5 Å². The summed E-state index contributed by atoms with van der Waals surface area (Å²) in [6, 6.07) is 18.2. The molecule has 0 N–H and O–H groups in total. The number of benzene rings is 2. The summed E-state index contributed by atoms with van der Waals surface area (Å²) >= 11 is 0. The second-order valence-electron chi connectivity index (χ2n) is 9.73. The Morgan fingerprint density at radius 3 is 1.04 bits per heavy atom. The molecule has 0 amide bonds. The topological polar surface area (TPSA) is 0 Å². The molecule has 0 heterocycles. The maximum Gasteiger partial charge on any atom is -0.0162 e. The highest BCUT2D eigenvalue weighted by atomic mass is 14.2. The van der Waals surface area contributed by atoms with Gasteiger partial charge < -0.3 is 0 Å². The van der Waals surface area contributed by atoms with Gasteiger partial charge >= 0.3 is 0 Å². The maximum atomic E-state index is 2.38. The number of aryl methyl sites for hydroxylation is 2. The minimum absolute atomic E-state index is 0.840. The smallest absolute Gasteiger partial charge is 0.0162 e. The standard InChI is InChI=1S/2C14H20/c2*1-11-3-7-13(8-4-11)14-9-5-12(2)6-10-14/h2*3-4,7-8,12,14H,5-6,9-10H2,1-2H3. The van der Waals surface area contributed by atoms with E-state index in [9.17, 15) is 0 Å². The number of hydrogen-bond acceptors (Lipinski definition) is 0. The van der Waals surface area contributed by atoms with E-state index in [1.807, 2.05) is 0 Å². The lowest BCUT2D eigenvalue weighted by molar-refractivity contribution is 0.348. The van der Waals surface area contributed by atoms with Crippen LogP contribution in [-0.2, 0) is 0 Å². The van der Waals surface area contributed by atoms with Gasteiger partial charge in [0.15, 0.2) is 0 Å². The molecule has 0 aliphatic heterocycles. The van der Waals surface area contributed by atoms with Crippen LogP contribution < -0.4 is 0 Å². The average molecular weight is 377 g/mol. The molecule has 28 heavy (non-hydrogen) atoms. The lowest BCUT2D eigenvalue weighted by atomic mass is 9.79. The van der Waals surface area contributed by atoms with Crippen molar-refractivity contribution in [2.24, 2.45) is 11.8 Å². The summed E-state index contributed by atoms with van der Waals surface area (Å²) in [6.45, 7) is 9.08. The van der Waals surface area contributed by atoms with Crippen molar-refractivity contribution in [3.63, 3.8) is 0 Å². The first kappa shape index (κ1) is 21.2.